The first-order chi connectivity index (χ1) is 28.3. The molecule has 0 bridgehead atoms. The molecule has 334 valence electrons. The second-order valence-electron chi connectivity index (χ2n) is 15.5. The molecule has 0 amide bonds. The van der Waals surface area contributed by atoms with E-state index in [1.54, 1.807) is 0 Å². The highest BCUT2D eigenvalue weighted by atomic mass is 16.7. The lowest BCUT2D eigenvalue weighted by atomic mass is 9.99. The second-order valence-corrected chi connectivity index (χ2v) is 15.5. The van der Waals surface area contributed by atoms with Crippen LogP contribution in [0.25, 0.3) is 0 Å². The van der Waals surface area contributed by atoms with E-state index in [1.807, 2.05) is 6.08 Å². The Kier molecular flexibility index (Phi) is 35.5. The maximum atomic E-state index is 12.8. The summed E-state index contributed by atoms with van der Waals surface area (Å²) in [6, 6.07) is 0. The zero-order valence-corrected chi connectivity index (χ0v) is 36.3. The molecule has 0 saturated carbocycles. The van der Waals surface area contributed by atoms with Crippen LogP contribution in [-0.2, 0) is 28.5 Å². The minimum Gasteiger partial charge on any atom is -0.462 e. The van der Waals surface area contributed by atoms with Crippen molar-refractivity contribution in [3.8, 4) is 0 Å². The van der Waals surface area contributed by atoms with E-state index in [2.05, 4.69) is 68.5 Å². The molecule has 6 atom stereocenters. The number of hydrogen-bond donors (Lipinski definition) is 4. The highest BCUT2D eigenvalue weighted by Gasteiger charge is 2.44. The lowest BCUT2D eigenvalue weighted by Gasteiger charge is -2.39. The van der Waals surface area contributed by atoms with Gasteiger partial charge in [0.05, 0.1) is 13.2 Å². The smallest absolute Gasteiger partial charge is 0.306 e. The lowest BCUT2D eigenvalue weighted by Crippen LogP contribution is -2.59. The van der Waals surface area contributed by atoms with Crippen molar-refractivity contribution in [1.29, 1.82) is 0 Å². The molecule has 0 spiro atoms. The predicted molar refractivity (Wildman–Crippen MR) is 233 cm³/mol. The average Bonchev–Trinajstić information content (AvgIpc) is 3.22. The molecule has 0 aromatic rings. The molecule has 1 saturated heterocycles. The van der Waals surface area contributed by atoms with E-state index in [9.17, 15) is 30.0 Å². The van der Waals surface area contributed by atoms with Crippen LogP contribution in [0, 0.1) is 0 Å². The third-order valence-electron chi connectivity index (χ3n) is 10.2. The van der Waals surface area contributed by atoms with Gasteiger partial charge in [0.1, 0.15) is 31.0 Å². The van der Waals surface area contributed by atoms with Gasteiger partial charge in [-0.05, 0) is 51.4 Å². The molecule has 4 N–H and O–H groups in total. The maximum Gasteiger partial charge on any atom is 0.306 e. The summed E-state index contributed by atoms with van der Waals surface area (Å²) in [5, 5.41) is 40.1. The number of ether oxygens (including phenoxy) is 4. The maximum absolute atomic E-state index is 12.8. The monoisotopic (exact) mass is 819 g/mol. The SMILES string of the molecule is CC/C=C\C/C=C\C/C=C\C/C=C\C/C=C\CCCC(=O)OC(COC(=O)CCCCCCCCCCCCCCCCCC)COC1OC(CO)C(O)C(O)C1O. The van der Waals surface area contributed by atoms with E-state index < -0.39 is 55.4 Å². The molecule has 1 rings (SSSR count). The van der Waals surface area contributed by atoms with Crippen molar-refractivity contribution in [3.63, 3.8) is 0 Å². The summed E-state index contributed by atoms with van der Waals surface area (Å²) in [6.45, 7) is 3.25. The van der Waals surface area contributed by atoms with Crippen LogP contribution in [0.5, 0.6) is 0 Å². The van der Waals surface area contributed by atoms with Crippen LogP contribution >= 0.6 is 0 Å². The third-order valence-corrected chi connectivity index (χ3v) is 10.2. The van der Waals surface area contributed by atoms with Gasteiger partial charge in [-0.2, -0.15) is 0 Å². The first-order valence-corrected chi connectivity index (χ1v) is 22.9. The Morgan fingerprint density at radius 1 is 0.552 bits per heavy atom. The number of unbranched alkanes of at least 4 members (excludes halogenated alkanes) is 16. The van der Waals surface area contributed by atoms with Crippen molar-refractivity contribution in [2.24, 2.45) is 0 Å². The van der Waals surface area contributed by atoms with E-state index in [0.29, 0.717) is 12.8 Å². The molecular formula is C48H82O10. The lowest BCUT2D eigenvalue weighted by molar-refractivity contribution is -0.305. The quantitative estimate of drug-likeness (QED) is 0.0271. The predicted octanol–water partition coefficient (Wildman–Crippen LogP) is 9.83. The summed E-state index contributed by atoms with van der Waals surface area (Å²) in [6.07, 6.45) is 39.5. The number of esters is 2. The number of carbonyl (C=O) groups excluding carboxylic acids is 2. The minimum atomic E-state index is -1.61. The fraction of sp³-hybridized carbons (Fsp3) is 0.750. The molecule has 0 aliphatic carbocycles. The van der Waals surface area contributed by atoms with Crippen molar-refractivity contribution >= 4 is 11.9 Å². The van der Waals surface area contributed by atoms with Gasteiger partial charge in [0.2, 0.25) is 0 Å². The fourth-order valence-corrected chi connectivity index (χ4v) is 6.58. The Morgan fingerprint density at radius 3 is 1.52 bits per heavy atom. The summed E-state index contributed by atoms with van der Waals surface area (Å²) in [5.41, 5.74) is 0. The Bertz CT molecular complexity index is 1130. The highest BCUT2D eigenvalue weighted by Crippen LogP contribution is 2.22. The molecule has 1 aliphatic rings. The first-order valence-electron chi connectivity index (χ1n) is 22.9. The Hall–Kier alpha value is -2.60. The summed E-state index contributed by atoms with van der Waals surface area (Å²) in [4.78, 5) is 25.3. The molecule has 10 heteroatoms. The van der Waals surface area contributed by atoms with E-state index in [0.717, 1.165) is 51.4 Å². The summed E-state index contributed by atoms with van der Waals surface area (Å²) in [5.74, 6) is -0.874. The van der Waals surface area contributed by atoms with Gasteiger partial charge in [-0.25, -0.2) is 0 Å². The van der Waals surface area contributed by atoms with Crippen LogP contribution in [0.2, 0.25) is 0 Å². The summed E-state index contributed by atoms with van der Waals surface area (Å²) >= 11 is 0. The van der Waals surface area contributed by atoms with Crippen LogP contribution in [0.1, 0.15) is 174 Å². The normalized spacial score (nSPS) is 20.7. The molecule has 1 heterocycles. The van der Waals surface area contributed by atoms with E-state index >= 15 is 0 Å². The van der Waals surface area contributed by atoms with Crippen molar-refractivity contribution in [2.45, 2.75) is 211 Å². The van der Waals surface area contributed by atoms with E-state index in [4.69, 9.17) is 18.9 Å². The summed E-state index contributed by atoms with van der Waals surface area (Å²) in [7, 11) is 0. The standard InChI is InChI=1S/C48H82O10/c1-3-5-7-9-11-13-15-17-19-21-23-25-27-29-31-33-35-37-44(51)57-41(40-56-48-47(54)46(53)45(52)42(38-49)58-48)39-55-43(50)36-34-32-30-28-26-24-22-20-18-16-14-12-10-8-6-4-2/h5,7,11,13,17,19,23,25,29,31,41-42,45-49,52-54H,3-4,6,8-10,12,14-16,18,20-22,24,26-28,30,32-40H2,1-2H3/b7-5-,13-11-,19-17-,25-23-,31-29-. The van der Waals surface area contributed by atoms with Crippen LogP contribution in [0.4, 0.5) is 0 Å². The molecule has 58 heavy (non-hydrogen) atoms. The molecule has 1 fully saturated rings. The number of allylic oxidation sites excluding steroid dienone is 10. The van der Waals surface area contributed by atoms with Gasteiger partial charge in [-0.3, -0.25) is 9.59 Å². The van der Waals surface area contributed by atoms with E-state index in [-0.39, 0.29) is 26.1 Å². The molecule has 1 aliphatic heterocycles. The summed E-state index contributed by atoms with van der Waals surface area (Å²) < 4.78 is 22.1. The molecule has 0 aromatic carbocycles. The van der Waals surface area contributed by atoms with Gasteiger partial charge in [0.15, 0.2) is 12.4 Å². The van der Waals surface area contributed by atoms with Crippen LogP contribution < -0.4 is 0 Å². The molecule has 10 nitrogen and oxygen atoms in total. The van der Waals surface area contributed by atoms with Crippen molar-refractivity contribution in [2.75, 3.05) is 19.8 Å². The molecule has 0 radical (unpaired) electrons. The van der Waals surface area contributed by atoms with Gasteiger partial charge >= 0.3 is 11.9 Å². The first kappa shape index (κ1) is 53.4. The number of hydrogen-bond acceptors (Lipinski definition) is 10. The molecule has 6 unspecified atom stereocenters. The van der Waals surface area contributed by atoms with Gasteiger partial charge in [-0.15, -0.1) is 0 Å². The number of carbonyl (C=O) groups is 2. The zero-order chi connectivity index (χ0) is 42.3. The zero-order valence-electron chi connectivity index (χ0n) is 36.3. The molecular weight excluding hydrogens is 737 g/mol. The molecule has 0 aromatic heterocycles. The minimum absolute atomic E-state index is 0.151. The van der Waals surface area contributed by atoms with Crippen LogP contribution in [0.15, 0.2) is 60.8 Å². The second kappa shape index (κ2) is 38.6. The number of aliphatic hydroxyl groups is 4. The third kappa shape index (κ3) is 29.6. The van der Waals surface area contributed by atoms with E-state index in [1.165, 1.54) is 83.5 Å². The van der Waals surface area contributed by atoms with Gasteiger partial charge in [0.25, 0.3) is 0 Å². The number of aliphatic hydroxyl groups excluding tert-OH is 4. The Morgan fingerprint density at radius 2 is 1.02 bits per heavy atom. The van der Waals surface area contributed by atoms with Crippen molar-refractivity contribution in [3.05, 3.63) is 60.8 Å². The van der Waals surface area contributed by atoms with Crippen LogP contribution in [0.3, 0.4) is 0 Å². The highest BCUT2D eigenvalue weighted by molar-refractivity contribution is 5.70. The largest absolute Gasteiger partial charge is 0.462 e. The topological polar surface area (TPSA) is 152 Å². The van der Waals surface area contributed by atoms with Crippen LogP contribution in [-0.4, -0.2) is 89.0 Å². The average molecular weight is 819 g/mol. The number of rotatable bonds is 37. The van der Waals surface area contributed by atoms with Gasteiger partial charge in [0, 0.05) is 12.8 Å². The van der Waals surface area contributed by atoms with Gasteiger partial charge in [-0.1, -0.05) is 171 Å². The van der Waals surface area contributed by atoms with Crippen molar-refractivity contribution < 1.29 is 49.0 Å². The van der Waals surface area contributed by atoms with Gasteiger partial charge < -0.3 is 39.4 Å². The fourth-order valence-electron chi connectivity index (χ4n) is 6.58. The Balaban J connectivity index is 2.37. The van der Waals surface area contributed by atoms with Crippen molar-refractivity contribution in [1.82, 2.24) is 0 Å². The Labute approximate surface area is 351 Å².